The summed E-state index contributed by atoms with van der Waals surface area (Å²) in [6.07, 6.45) is 2.56. The highest BCUT2D eigenvalue weighted by atomic mass is 32.1. The number of aryl methyl sites for hydroxylation is 1. The Kier molecular flexibility index (Phi) is 4.76. The molecule has 0 aromatic carbocycles. The third-order valence-corrected chi connectivity index (χ3v) is 4.07. The molecular weight excluding hydrogens is 234 g/mol. The first kappa shape index (κ1) is 12.8. The van der Waals surface area contributed by atoms with Gasteiger partial charge in [-0.25, -0.2) is 4.98 Å². The van der Waals surface area contributed by atoms with Crippen molar-refractivity contribution in [3.8, 4) is 0 Å². The van der Waals surface area contributed by atoms with E-state index in [2.05, 4.69) is 20.6 Å². The summed E-state index contributed by atoms with van der Waals surface area (Å²) in [6, 6.07) is 0.607. The van der Waals surface area contributed by atoms with E-state index in [9.17, 15) is 0 Å². The van der Waals surface area contributed by atoms with Gasteiger partial charge in [-0.1, -0.05) is 0 Å². The van der Waals surface area contributed by atoms with Crippen molar-refractivity contribution in [1.82, 2.24) is 10.3 Å². The summed E-state index contributed by atoms with van der Waals surface area (Å²) in [7, 11) is 1.75. The molecule has 0 aliphatic carbocycles. The second-order valence-corrected chi connectivity index (χ2v) is 5.34. The van der Waals surface area contributed by atoms with Gasteiger partial charge in [-0.05, 0) is 26.3 Å². The number of thiazole rings is 1. The Labute approximate surface area is 107 Å². The van der Waals surface area contributed by atoms with Gasteiger partial charge in [0.25, 0.3) is 0 Å². The summed E-state index contributed by atoms with van der Waals surface area (Å²) < 4.78 is 5.18. The van der Waals surface area contributed by atoms with E-state index in [-0.39, 0.29) is 0 Å². The highest BCUT2D eigenvalue weighted by molar-refractivity contribution is 7.13. The van der Waals surface area contributed by atoms with E-state index in [1.807, 2.05) is 6.92 Å². The Bertz CT molecular complexity index is 336. The fraction of sp³-hybridized carbons (Fsp3) is 0.750. The van der Waals surface area contributed by atoms with Crippen LogP contribution >= 0.6 is 11.3 Å². The molecule has 1 fully saturated rings. The molecule has 0 amide bonds. The van der Waals surface area contributed by atoms with Crippen LogP contribution < -0.4 is 10.2 Å². The van der Waals surface area contributed by atoms with Gasteiger partial charge in [0.2, 0.25) is 0 Å². The molecule has 4 nitrogen and oxygen atoms in total. The van der Waals surface area contributed by atoms with Crippen LogP contribution in [0.1, 0.15) is 18.5 Å². The lowest BCUT2D eigenvalue weighted by Gasteiger charge is -2.25. The fourth-order valence-corrected chi connectivity index (χ4v) is 2.97. The zero-order valence-corrected chi connectivity index (χ0v) is 11.4. The van der Waals surface area contributed by atoms with Gasteiger partial charge in [0, 0.05) is 31.6 Å². The van der Waals surface area contributed by atoms with E-state index >= 15 is 0 Å². The van der Waals surface area contributed by atoms with Crippen molar-refractivity contribution in [3.63, 3.8) is 0 Å². The van der Waals surface area contributed by atoms with Crippen LogP contribution in [0.4, 0.5) is 5.13 Å². The smallest absolute Gasteiger partial charge is 0.185 e. The molecule has 1 atom stereocenters. The number of anilines is 1. The minimum Gasteiger partial charge on any atom is -0.383 e. The van der Waals surface area contributed by atoms with Crippen LogP contribution in [0.5, 0.6) is 0 Å². The molecule has 1 aromatic heterocycles. The van der Waals surface area contributed by atoms with Crippen LogP contribution in [0.3, 0.4) is 0 Å². The molecular formula is C12H21N3OS. The van der Waals surface area contributed by atoms with Gasteiger partial charge in [0.1, 0.15) is 0 Å². The van der Waals surface area contributed by atoms with Gasteiger partial charge in [-0.3, -0.25) is 0 Å². The van der Waals surface area contributed by atoms with Crippen LogP contribution in [0, 0.1) is 6.92 Å². The summed E-state index contributed by atoms with van der Waals surface area (Å²) in [5, 5.41) is 6.76. The molecule has 1 N–H and O–H groups in total. The first-order valence-electron chi connectivity index (χ1n) is 6.19. The van der Waals surface area contributed by atoms with Crippen molar-refractivity contribution in [2.45, 2.75) is 25.8 Å². The maximum Gasteiger partial charge on any atom is 0.185 e. The van der Waals surface area contributed by atoms with Crippen LogP contribution in [-0.4, -0.2) is 44.4 Å². The van der Waals surface area contributed by atoms with E-state index in [4.69, 9.17) is 4.74 Å². The van der Waals surface area contributed by atoms with Crippen LogP contribution in [-0.2, 0) is 4.74 Å². The number of nitrogens with zero attached hydrogens (tertiary/aromatic N) is 2. The minimum absolute atomic E-state index is 0.607. The molecule has 2 rings (SSSR count). The standard InChI is InChI=1S/C12H21N3OS/c1-10-9-17-12(14-10)15(6-7-16-2)8-11-4-3-5-13-11/h9,11,13H,3-8H2,1-2H3. The van der Waals surface area contributed by atoms with E-state index < -0.39 is 0 Å². The SMILES string of the molecule is COCCN(CC1CCCN1)c1nc(C)cs1. The lowest BCUT2D eigenvalue weighted by molar-refractivity contribution is 0.204. The largest absolute Gasteiger partial charge is 0.383 e. The number of hydrogen-bond acceptors (Lipinski definition) is 5. The molecule has 1 unspecified atom stereocenters. The van der Waals surface area contributed by atoms with E-state index in [0.717, 1.165) is 37.1 Å². The number of rotatable bonds is 6. The molecule has 0 spiro atoms. The first-order chi connectivity index (χ1) is 8.29. The zero-order chi connectivity index (χ0) is 12.1. The van der Waals surface area contributed by atoms with E-state index in [0.29, 0.717) is 6.04 Å². The topological polar surface area (TPSA) is 37.4 Å². The highest BCUT2D eigenvalue weighted by Crippen LogP contribution is 2.21. The number of methoxy groups -OCH3 is 1. The molecule has 1 aliphatic rings. The Hall–Kier alpha value is -0.650. The molecule has 0 saturated carbocycles. The zero-order valence-electron chi connectivity index (χ0n) is 10.6. The van der Waals surface area contributed by atoms with E-state index in [1.54, 1.807) is 18.4 Å². The van der Waals surface area contributed by atoms with Gasteiger partial charge < -0.3 is 15.0 Å². The predicted molar refractivity (Wildman–Crippen MR) is 72.0 cm³/mol. The third-order valence-electron chi connectivity index (χ3n) is 3.05. The van der Waals surface area contributed by atoms with Crippen LogP contribution in [0.2, 0.25) is 0 Å². The van der Waals surface area contributed by atoms with Gasteiger partial charge in [-0.15, -0.1) is 11.3 Å². The highest BCUT2D eigenvalue weighted by Gasteiger charge is 2.19. The number of nitrogens with one attached hydrogen (secondary N) is 1. The molecule has 17 heavy (non-hydrogen) atoms. The Morgan fingerprint density at radius 2 is 2.53 bits per heavy atom. The second-order valence-electron chi connectivity index (χ2n) is 4.50. The molecule has 5 heteroatoms. The summed E-state index contributed by atoms with van der Waals surface area (Å²) in [4.78, 5) is 6.90. The summed E-state index contributed by atoms with van der Waals surface area (Å²) >= 11 is 1.72. The van der Waals surface area contributed by atoms with Gasteiger partial charge >= 0.3 is 0 Å². The quantitative estimate of drug-likeness (QED) is 0.839. The van der Waals surface area contributed by atoms with Crippen molar-refractivity contribution < 1.29 is 4.74 Å². The van der Waals surface area contributed by atoms with Crippen molar-refractivity contribution >= 4 is 16.5 Å². The second kappa shape index (κ2) is 6.33. The molecule has 96 valence electrons. The summed E-state index contributed by atoms with van der Waals surface area (Å²) in [5.74, 6) is 0. The maximum absolute atomic E-state index is 5.18. The Morgan fingerprint density at radius 1 is 1.65 bits per heavy atom. The third kappa shape index (κ3) is 3.66. The number of aromatic nitrogens is 1. The van der Waals surface area contributed by atoms with Crippen LogP contribution in [0.25, 0.3) is 0 Å². The molecule has 1 aromatic rings. The fourth-order valence-electron chi connectivity index (χ4n) is 2.13. The summed E-state index contributed by atoms with van der Waals surface area (Å²) in [6.45, 7) is 5.91. The van der Waals surface area contributed by atoms with Crippen LogP contribution in [0.15, 0.2) is 5.38 Å². The summed E-state index contributed by atoms with van der Waals surface area (Å²) in [5.41, 5.74) is 1.10. The van der Waals surface area contributed by atoms with Gasteiger partial charge in [0.15, 0.2) is 5.13 Å². The predicted octanol–water partition coefficient (Wildman–Crippen LogP) is 1.66. The first-order valence-corrected chi connectivity index (χ1v) is 7.07. The number of hydrogen-bond donors (Lipinski definition) is 1. The Balaban J connectivity index is 1.96. The van der Waals surface area contributed by atoms with Gasteiger partial charge in [0.05, 0.1) is 12.3 Å². The number of ether oxygens (including phenoxy) is 1. The van der Waals surface area contributed by atoms with Crippen molar-refractivity contribution in [2.24, 2.45) is 0 Å². The van der Waals surface area contributed by atoms with E-state index in [1.165, 1.54) is 12.8 Å². The molecule has 0 bridgehead atoms. The molecule has 1 saturated heterocycles. The van der Waals surface area contributed by atoms with Crippen molar-refractivity contribution in [3.05, 3.63) is 11.1 Å². The van der Waals surface area contributed by atoms with Gasteiger partial charge in [-0.2, -0.15) is 0 Å². The Morgan fingerprint density at radius 3 is 3.12 bits per heavy atom. The lowest BCUT2D eigenvalue weighted by atomic mass is 10.2. The van der Waals surface area contributed by atoms with Crippen molar-refractivity contribution in [1.29, 1.82) is 0 Å². The maximum atomic E-state index is 5.18. The average molecular weight is 255 g/mol. The van der Waals surface area contributed by atoms with Crippen molar-refractivity contribution in [2.75, 3.05) is 38.3 Å². The molecule has 1 aliphatic heterocycles. The molecule has 2 heterocycles. The monoisotopic (exact) mass is 255 g/mol. The molecule has 0 radical (unpaired) electrons. The minimum atomic E-state index is 0.607. The average Bonchev–Trinajstić information content (AvgIpc) is 2.95. The normalized spacial score (nSPS) is 19.8. The lowest BCUT2D eigenvalue weighted by Crippen LogP contribution is -2.39.